The summed E-state index contributed by atoms with van der Waals surface area (Å²) in [6, 6.07) is 0.367. The second-order valence-corrected chi connectivity index (χ2v) is 6.61. The van der Waals surface area contributed by atoms with E-state index in [1.54, 1.807) is 0 Å². The topological polar surface area (TPSA) is 58.7 Å². The number of amides is 2. The van der Waals surface area contributed by atoms with Gasteiger partial charge in [0.2, 0.25) is 0 Å². The van der Waals surface area contributed by atoms with Crippen LogP contribution in [0.3, 0.4) is 0 Å². The average Bonchev–Trinajstić information content (AvgIpc) is 3.23. The summed E-state index contributed by atoms with van der Waals surface area (Å²) in [4.78, 5) is 18.2. The summed E-state index contributed by atoms with van der Waals surface area (Å²) in [5.41, 5.74) is 5.97. The van der Waals surface area contributed by atoms with Crippen molar-refractivity contribution < 1.29 is 4.79 Å². The predicted molar refractivity (Wildman–Crippen MR) is 69.3 cm³/mol. The molecule has 0 saturated heterocycles. The Hall–Kier alpha value is -1.06. The number of carbonyl (C=O) groups is 1. The zero-order valence-electron chi connectivity index (χ0n) is 10.8. The molecule has 0 aromatic rings. The number of rotatable bonds is 2. The van der Waals surface area contributed by atoms with Crippen molar-refractivity contribution >= 4 is 11.9 Å². The first-order chi connectivity index (χ1) is 8.71. The van der Waals surface area contributed by atoms with E-state index < -0.39 is 0 Å². The average molecular weight is 247 g/mol. The Balaban J connectivity index is 1.65. The lowest BCUT2D eigenvalue weighted by atomic mass is 9.72. The molecule has 98 valence electrons. The van der Waals surface area contributed by atoms with Gasteiger partial charge in [-0.1, -0.05) is 6.42 Å². The van der Waals surface area contributed by atoms with E-state index in [9.17, 15) is 4.79 Å². The van der Waals surface area contributed by atoms with E-state index in [0.717, 1.165) is 37.5 Å². The molecule has 2 amide bonds. The summed E-state index contributed by atoms with van der Waals surface area (Å²) < 4.78 is 0. The minimum atomic E-state index is -0.191. The molecular weight excluding hydrogens is 226 g/mol. The number of aliphatic imine (C=N–C) groups is 1. The van der Waals surface area contributed by atoms with Crippen LogP contribution in [0.5, 0.6) is 0 Å². The molecule has 1 heterocycles. The molecule has 0 radical (unpaired) electrons. The zero-order valence-corrected chi connectivity index (χ0v) is 10.8. The monoisotopic (exact) mass is 247 g/mol. The first-order valence-corrected chi connectivity index (χ1v) is 7.39. The largest absolute Gasteiger partial charge is 0.385 e. The Labute approximate surface area is 108 Å². The van der Waals surface area contributed by atoms with Crippen LogP contribution in [0.1, 0.15) is 51.4 Å². The van der Waals surface area contributed by atoms with Gasteiger partial charge >= 0.3 is 6.03 Å². The standard InChI is InChI=1S/C14H21N3O/c15-12-14(17(11-5-6-11)13(18)16-12)7-1-2-10(8-14)9-3-4-9/h9-11H,1-8H2,(H2,15,16,18). The first kappa shape index (κ1) is 10.8. The van der Waals surface area contributed by atoms with Crippen molar-refractivity contribution in [2.24, 2.45) is 22.6 Å². The Kier molecular flexibility index (Phi) is 2.10. The Morgan fingerprint density at radius 3 is 2.61 bits per heavy atom. The molecule has 3 aliphatic carbocycles. The van der Waals surface area contributed by atoms with E-state index in [2.05, 4.69) is 9.89 Å². The highest BCUT2D eigenvalue weighted by atomic mass is 16.2. The Morgan fingerprint density at radius 1 is 1.17 bits per heavy atom. The SMILES string of the molecule is NC1=NC(=O)N(C2CC2)C12CCCC(C1CC1)C2. The number of amidine groups is 1. The number of urea groups is 1. The van der Waals surface area contributed by atoms with E-state index in [4.69, 9.17) is 5.73 Å². The van der Waals surface area contributed by atoms with E-state index >= 15 is 0 Å². The lowest BCUT2D eigenvalue weighted by Crippen LogP contribution is -2.57. The summed E-state index contributed by atoms with van der Waals surface area (Å²) in [6.45, 7) is 0. The molecule has 0 aromatic carbocycles. The smallest absolute Gasteiger partial charge is 0.346 e. The van der Waals surface area contributed by atoms with Crippen molar-refractivity contribution in [3.05, 3.63) is 0 Å². The van der Waals surface area contributed by atoms with Crippen LogP contribution in [0.25, 0.3) is 0 Å². The molecule has 0 bridgehead atoms. The molecule has 1 spiro atoms. The van der Waals surface area contributed by atoms with Gasteiger partial charge in [0.05, 0.1) is 0 Å². The minimum Gasteiger partial charge on any atom is -0.385 e. The van der Waals surface area contributed by atoms with Gasteiger partial charge in [0.1, 0.15) is 11.4 Å². The normalized spacial score (nSPS) is 40.4. The molecule has 4 aliphatic rings. The number of nitrogens with two attached hydrogens (primary N) is 1. The van der Waals surface area contributed by atoms with Crippen LogP contribution in [-0.4, -0.2) is 28.3 Å². The summed E-state index contributed by atoms with van der Waals surface area (Å²) in [5.74, 6) is 2.30. The van der Waals surface area contributed by atoms with Crippen molar-refractivity contribution in [2.45, 2.75) is 62.9 Å². The lowest BCUT2D eigenvalue weighted by molar-refractivity contribution is 0.108. The van der Waals surface area contributed by atoms with Gasteiger partial charge in [0.15, 0.2) is 0 Å². The second kappa shape index (κ2) is 3.49. The van der Waals surface area contributed by atoms with Gasteiger partial charge in [-0.05, 0) is 56.8 Å². The van der Waals surface area contributed by atoms with Crippen LogP contribution in [0.15, 0.2) is 4.99 Å². The van der Waals surface area contributed by atoms with Crippen molar-refractivity contribution in [2.75, 3.05) is 0 Å². The van der Waals surface area contributed by atoms with Crippen molar-refractivity contribution in [3.63, 3.8) is 0 Å². The van der Waals surface area contributed by atoms with Gasteiger partial charge < -0.3 is 10.6 Å². The van der Waals surface area contributed by atoms with Crippen LogP contribution < -0.4 is 5.73 Å². The van der Waals surface area contributed by atoms with Crippen molar-refractivity contribution in [3.8, 4) is 0 Å². The quantitative estimate of drug-likeness (QED) is 0.813. The Bertz CT molecular complexity index is 425. The van der Waals surface area contributed by atoms with Gasteiger partial charge in [-0.25, -0.2) is 4.79 Å². The molecule has 2 N–H and O–H groups in total. The number of nitrogens with zero attached hydrogens (tertiary/aromatic N) is 2. The fraction of sp³-hybridized carbons (Fsp3) is 0.857. The molecule has 2 unspecified atom stereocenters. The molecular formula is C14H21N3O. The molecule has 2 atom stereocenters. The number of hydrogen-bond donors (Lipinski definition) is 1. The van der Waals surface area contributed by atoms with Crippen molar-refractivity contribution in [1.82, 2.24) is 4.90 Å². The maximum Gasteiger partial charge on any atom is 0.346 e. The fourth-order valence-corrected chi connectivity index (χ4v) is 4.12. The van der Waals surface area contributed by atoms with Crippen molar-refractivity contribution in [1.29, 1.82) is 0 Å². The third-order valence-corrected chi connectivity index (χ3v) is 5.33. The predicted octanol–water partition coefficient (Wildman–Crippen LogP) is 2.28. The molecule has 1 aliphatic heterocycles. The molecule has 18 heavy (non-hydrogen) atoms. The summed E-state index contributed by atoms with van der Waals surface area (Å²) in [7, 11) is 0. The zero-order chi connectivity index (χ0) is 12.3. The second-order valence-electron chi connectivity index (χ2n) is 6.61. The highest BCUT2D eigenvalue weighted by Gasteiger charge is 2.56. The molecule has 4 rings (SSSR count). The first-order valence-electron chi connectivity index (χ1n) is 7.39. The van der Waals surface area contributed by atoms with E-state index in [1.165, 1.54) is 25.7 Å². The highest BCUT2D eigenvalue weighted by Crippen LogP contribution is 2.51. The van der Waals surface area contributed by atoms with Crippen LogP contribution in [-0.2, 0) is 0 Å². The molecule has 3 fully saturated rings. The third kappa shape index (κ3) is 1.44. The lowest BCUT2D eigenvalue weighted by Gasteiger charge is -2.44. The highest BCUT2D eigenvalue weighted by molar-refractivity contribution is 6.06. The van der Waals surface area contributed by atoms with Crippen LogP contribution >= 0.6 is 0 Å². The molecule has 0 aromatic heterocycles. The van der Waals surface area contributed by atoms with Crippen LogP contribution in [0.4, 0.5) is 4.79 Å². The molecule has 4 heteroatoms. The molecule has 4 nitrogen and oxygen atoms in total. The van der Waals surface area contributed by atoms with Gasteiger partial charge in [-0.15, -0.1) is 0 Å². The molecule has 3 saturated carbocycles. The Morgan fingerprint density at radius 2 is 1.94 bits per heavy atom. The van der Waals surface area contributed by atoms with E-state index in [0.29, 0.717) is 11.9 Å². The minimum absolute atomic E-state index is 0.0635. The third-order valence-electron chi connectivity index (χ3n) is 5.33. The number of hydrogen-bond acceptors (Lipinski definition) is 2. The van der Waals surface area contributed by atoms with Crippen LogP contribution in [0.2, 0.25) is 0 Å². The van der Waals surface area contributed by atoms with Gasteiger partial charge in [-0.3, -0.25) is 0 Å². The summed E-state index contributed by atoms with van der Waals surface area (Å²) in [5, 5.41) is 0. The fourth-order valence-electron chi connectivity index (χ4n) is 4.12. The van der Waals surface area contributed by atoms with E-state index in [-0.39, 0.29) is 11.6 Å². The maximum absolute atomic E-state index is 12.1. The van der Waals surface area contributed by atoms with E-state index in [1.807, 2.05) is 0 Å². The summed E-state index contributed by atoms with van der Waals surface area (Å²) >= 11 is 0. The van der Waals surface area contributed by atoms with Gasteiger partial charge in [-0.2, -0.15) is 4.99 Å². The maximum atomic E-state index is 12.1. The summed E-state index contributed by atoms with van der Waals surface area (Å²) in [6.07, 6.45) is 9.70. The van der Waals surface area contributed by atoms with Gasteiger partial charge in [0.25, 0.3) is 0 Å². The number of carbonyl (C=O) groups excluding carboxylic acids is 1. The van der Waals surface area contributed by atoms with Crippen LogP contribution in [0, 0.1) is 11.8 Å². The van der Waals surface area contributed by atoms with Gasteiger partial charge in [0, 0.05) is 6.04 Å².